The number of methoxy groups -OCH3 is 2. The van der Waals surface area contributed by atoms with Gasteiger partial charge in [0, 0.05) is 26.9 Å². The number of fused-ring (bicyclic) bond motifs is 1. The molecule has 6 nitrogen and oxygen atoms in total. The highest BCUT2D eigenvalue weighted by molar-refractivity contribution is 14.1. The molecule has 0 amide bonds. The summed E-state index contributed by atoms with van der Waals surface area (Å²) in [6.07, 6.45) is 3.26. The summed E-state index contributed by atoms with van der Waals surface area (Å²) in [4.78, 5) is 4.70. The highest BCUT2D eigenvalue weighted by Crippen LogP contribution is 2.34. The number of benzene rings is 2. The van der Waals surface area contributed by atoms with Crippen molar-refractivity contribution in [2.45, 2.75) is 4.90 Å². The Hall–Kier alpha value is -2.59. The van der Waals surface area contributed by atoms with E-state index < -0.39 is 10.0 Å². The predicted molar refractivity (Wildman–Crippen MR) is 120 cm³/mol. The number of nitrogens with zero attached hydrogens (tertiary/aromatic N) is 2. The van der Waals surface area contributed by atoms with Crippen LogP contribution in [0.1, 0.15) is 0 Å². The van der Waals surface area contributed by atoms with Gasteiger partial charge in [-0.1, -0.05) is 24.3 Å². The molecule has 0 fully saturated rings. The zero-order chi connectivity index (χ0) is 20.6. The van der Waals surface area contributed by atoms with Gasteiger partial charge in [0.1, 0.15) is 0 Å². The van der Waals surface area contributed by atoms with Crippen LogP contribution in [0.15, 0.2) is 71.9 Å². The first kappa shape index (κ1) is 19.7. The van der Waals surface area contributed by atoms with Crippen molar-refractivity contribution in [1.82, 2.24) is 8.96 Å². The van der Waals surface area contributed by atoms with Crippen molar-refractivity contribution in [3.63, 3.8) is 0 Å². The maximum Gasteiger partial charge on any atom is 0.269 e. The highest BCUT2D eigenvalue weighted by atomic mass is 127. The van der Waals surface area contributed by atoms with Crippen molar-refractivity contribution in [3.8, 4) is 22.6 Å². The number of halogens is 1. The fraction of sp³-hybridized carbons (Fsp3) is 0.0952. The predicted octanol–water partition coefficient (Wildman–Crippen LogP) is 4.56. The Morgan fingerprint density at radius 2 is 1.66 bits per heavy atom. The molecule has 0 saturated carbocycles. The number of hydrogen-bond acceptors (Lipinski definition) is 5. The van der Waals surface area contributed by atoms with E-state index in [1.807, 2.05) is 24.3 Å². The van der Waals surface area contributed by atoms with E-state index in [4.69, 9.17) is 9.47 Å². The minimum absolute atomic E-state index is 0.221. The van der Waals surface area contributed by atoms with E-state index in [1.54, 1.807) is 56.9 Å². The molecular weight excluding hydrogens is 503 g/mol. The lowest BCUT2D eigenvalue weighted by molar-refractivity contribution is 0.355. The van der Waals surface area contributed by atoms with E-state index in [2.05, 4.69) is 27.6 Å². The average Bonchev–Trinajstić information content (AvgIpc) is 3.10. The molecule has 148 valence electrons. The Balaban J connectivity index is 1.84. The Kier molecular flexibility index (Phi) is 5.22. The normalized spacial score (nSPS) is 11.6. The van der Waals surface area contributed by atoms with Crippen molar-refractivity contribution < 1.29 is 17.9 Å². The second-order valence-electron chi connectivity index (χ2n) is 6.26. The molecule has 4 rings (SSSR count). The van der Waals surface area contributed by atoms with Gasteiger partial charge in [0.05, 0.1) is 19.1 Å². The summed E-state index contributed by atoms with van der Waals surface area (Å²) in [5.41, 5.74) is 2.14. The van der Waals surface area contributed by atoms with E-state index >= 15 is 0 Å². The minimum Gasteiger partial charge on any atom is -0.493 e. The summed E-state index contributed by atoms with van der Waals surface area (Å²) in [6.45, 7) is 0. The number of pyridine rings is 1. The fourth-order valence-corrected chi connectivity index (χ4v) is 5.32. The Morgan fingerprint density at radius 3 is 2.34 bits per heavy atom. The molecule has 0 unspecified atom stereocenters. The summed E-state index contributed by atoms with van der Waals surface area (Å²) < 4.78 is 38.8. The monoisotopic (exact) mass is 520 g/mol. The second-order valence-corrected chi connectivity index (χ2v) is 9.23. The third kappa shape index (κ3) is 3.46. The van der Waals surface area contributed by atoms with Crippen LogP contribution >= 0.6 is 22.6 Å². The smallest absolute Gasteiger partial charge is 0.269 e. The van der Waals surface area contributed by atoms with Crippen molar-refractivity contribution in [2.24, 2.45) is 0 Å². The fourth-order valence-electron chi connectivity index (χ4n) is 3.11. The number of hydrogen-bond donors (Lipinski definition) is 0. The average molecular weight is 520 g/mol. The molecule has 0 radical (unpaired) electrons. The first-order chi connectivity index (χ1) is 14.0. The van der Waals surface area contributed by atoms with Gasteiger partial charge >= 0.3 is 0 Å². The van der Waals surface area contributed by atoms with Crippen LogP contribution in [0.5, 0.6) is 11.5 Å². The molecule has 2 aromatic carbocycles. The molecule has 0 aliphatic heterocycles. The van der Waals surface area contributed by atoms with Gasteiger partial charge in [-0.2, -0.15) is 0 Å². The van der Waals surface area contributed by atoms with Gasteiger partial charge in [0.15, 0.2) is 17.1 Å². The molecule has 2 aromatic heterocycles. The van der Waals surface area contributed by atoms with Crippen LogP contribution in [0, 0.1) is 3.57 Å². The van der Waals surface area contributed by atoms with Crippen LogP contribution in [0.3, 0.4) is 0 Å². The molecule has 0 saturated heterocycles. The summed E-state index contributed by atoms with van der Waals surface area (Å²) in [6, 6.07) is 15.9. The number of rotatable bonds is 5. The first-order valence-electron chi connectivity index (χ1n) is 8.65. The van der Waals surface area contributed by atoms with E-state index in [-0.39, 0.29) is 4.90 Å². The molecule has 0 N–H and O–H groups in total. The third-order valence-electron chi connectivity index (χ3n) is 4.58. The van der Waals surface area contributed by atoms with Crippen molar-refractivity contribution >= 4 is 43.6 Å². The largest absolute Gasteiger partial charge is 0.493 e. The Morgan fingerprint density at radius 1 is 0.931 bits per heavy atom. The minimum atomic E-state index is -3.73. The molecule has 0 atom stereocenters. The van der Waals surface area contributed by atoms with Gasteiger partial charge in [0.2, 0.25) is 0 Å². The van der Waals surface area contributed by atoms with Gasteiger partial charge in [-0.25, -0.2) is 17.4 Å². The van der Waals surface area contributed by atoms with Crippen LogP contribution in [0.4, 0.5) is 0 Å². The summed E-state index contributed by atoms with van der Waals surface area (Å²) in [5, 5.41) is 0.761. The summed E-state index contributed by atoms with van der Waals surface area (Å²) in [7, 11) is -0.558. The SMILES string of the molecule is COc1ccc(-c2cnc3c(c2)c(I)cn3S(=O)(=O)c2ccccc2)cc1OC. The molecule has 29 heavy (non-hydrogen) atoms. The molecule has 0 aliphatic rings. The molecule has 0 bridgehead atoms. The lowest BCUT2D eigenvalue weighted by Gasteiger charge is -2.10. The van der Waals surface area contributed by atoms with Crippen LogP contribution in [0.2, 0.25) is 0 Å². The van der Waals surface area contributed by atoms with E-state index in [1.165, 1.54) is 3.97 Å². The number of ether oxygens (including phenoxy) is 2. The van der Waals surface area contributed by atoms with Crippen molar-refractivity contribution in [2.75, 3.05) is 14.2 Å². The number of aromatic nitrogens is 2. The van der Waals surface area contributed by atoms with Crippen molar-refractivity contribution in [3.05, 3.63) is 70.6 Å². The van der Waals surface area contributed by atoms with Crippen LogP contribution in [-0.4, -0.2) is 31.6 Å². The standard InChI is InChI=1S/C21H17IN2O4S/c1-27-19-9-8-14(11-20(19)28-2)15-10-17-18(22)13-24(21(17)23-12-15)29(25,26)16-6-4-3-5-7-16/h3-13H,1-2H3. The van der Waals surface area contributed by atoms with Crippen LogP contribution in [-0.2, 0) is 10.0 Å². The molecule has 2 heterocycles. The van der Waals surface area contributed by atoms with Gasteiger partial charge < -0.3 is 9.47 Å². The topological polar surface area (TPSA) is 70.4 Å². The molecule has 4 aromatic rings. The zero-order valence-electron chi connectivity index (χ0n) is 15.7. The first-order valence-corrected chi connectivity index (χ1v) is 11.2. The van der Waals surface area contributed by atoms with Gasteiger partial charge in [-0.3, -0.25) is 0 Å². The Bertz CT molecular complexity index is 1300. The quantitative estimate of drug-likeness (QED) is 0.361. The van der Waals surface area contributed by atoms with Crippen LogP contribution in [0.25, 0.3) is 22.2 Å². The zero-order valence-corrected chi connectivity index (χ0v) is 18.6. The lowest BCUT2D eigenvalue weighted by Crippen LogP contribution is -2.12. The van der Waals surface area contributed by atoms with E-state index in [0.717, 1.165) is 20.1 Å². The maximum absolute atomic E-state index is 13.1. The highest BCUT2D eigenvalue weighted by Gasteiger charge is 2.22. The van der Waals surface area contributed by atoms with E-state index in [9.17, 15) is 8.42 Å². The maximum atomic E-state index is 13.1. The van der Waals surface area contributed by atoms with E-state index in [0.29, 0.717) is 17.1 Å². The molecule has 0 spiro atoms. The third-order valence-corrected chi connectivity index (χ3v) is 7.10. The molecular formula is C21H17IN2O4S. The summed E-state index contributed by atoms with van der Waals surface area (Å²) >= 11 is 2.13. The van der Waals surface area contributed by atoms with Crippen LogP contribution < -0.4 is 9.47 Å². The van der Waals surface area contributed by atoms with Gasteiger partial charge in [-0.15, -0.1) is 0 Å². The lowest BCUT2D eigenvalue weighted by atomic mass is 10.1. The summed E-state index contributed by atoms with van der Waals surface area (Å²) in [5.74, 6) is 1.25. The van der Waals surface area contributed by atoms with Gasteiger partial charge in [-0.05, 0) is 58.5 Å². The van der Waals surface area contributed by atoms with Crippen molar-refractivity contribution in [1.29, 1.82) is 0 Å². The Labute approximate surface area is 182 Å². The second kappa shape index (κ2) is 7.68. The molecule has 8 heteroatoms. The molecule has 0 aliphatic carbocycles. The van der Waals surface area contributed by atoms with Gasteiger partial charge in [0.25, 0.3) is 10.0 Å².